The van der Waals surface area contributed by atoms with Gasteiger partial charge in [-0.3, -0.25) is 9.59 Å². The van der Waals surface area contributed by atoms with E-state index in [1.54, 1.807) is 0 Å². The smallest absolute Gasteiger partial charge is 0.304 e. The molecule has 0 aromatic rings. The number of nitrogens with zero attached hydrogens (tertiary/aromatic N) is 2. The molecular weight excluding hydrogens is 232 g/mol. The van der Waals surface area contributed by atoms with Crippen LogP contribution in [0.3, 0.4) is 0 Å². The average molecular weight is 254 g/mol. The van der Waals surface area contributed by atoms with E-state index in [0.717, 1.165) is 51.9 Å². The summed E-state index contributed by atoms with van der Waals surface area (Å²) in [5, 5.41) is 8.69. The van der Waals surface area contributed by atoms with Crippen LogP contribution >= 0.6 is 0 Å². The first kappa shape index (κ1) is 13.3. The lowest BCUT2D eigenvalue weighted by atomic mass is 9.96. The lowest BCUT2D eigenvalue weighted by molar-refractivity contribution is -0.137. The van der Waals surface area contributed by atoms with Crippen molar-refractivity contribution in [1.29, 1.82) is 0 Å². The summed E-state index contributed by atoms with van der Waals surface area (Å²) in [6.45, 7) is 4.05. The molecule has 0 aromatic carbocycles. The molecule has 2 aliphatic rings. The number of aliphatic carboxylic acids is 1. The zero-order valence-electron chi connectivity index (χ0n) is 10.8. The number of amides is 1. The van der Waals surface area contributed by atoms with Crippen molar-refractivity contribution in [3.63, 3.8) is 0 Å². The second kappa shape index (κ2) is 6.18. The standard InChI is InChI=1S/C13H22N2O3/c16-12(17)5-9-14-6-3-4-11(10-14)13(18)15-7-1-2-8-15/h11H,1-10H2,(H,16,17). The first-order chi connectivity index (χ1) is 8.66. The van der Waals surface area contributed by atoms with Crippen LogP contribution in [-0.2, 0) is 9.59 Å². The zero-order chi connectivity index (χ0) is 13.0. The highest BCUT2D eigenvalue weighted by Crippen LogP contribution is 2.21. The van der Waals surface area contributed by atoms with Crippen molar-refractivity contribution in [1.82, 2.24) is 9.80 Å². The minimum atomic E-state index is -0.761. The molecule has 2 fully saturated rings. The fourth-order valence-electron chi connectivity index (χ4n) is 2.91. The van der Waals surface area contributed by atoms with E-state index in [0.29, 0.717) is 6.54 Å². The topological polar surface area (TPSA) is 60.9 Å². The molecule has 0 radical (unpaired) electrons. The van der Waals surface area contributed by atoms with Crippen molar-refractivity contribution in [2.45, 2.75) is 32.1 Å². The fraction of sp³-hybridized carbons (Fsp3) is 0.846. The monoisotopic (exact) mass is 254 g/mol. The second-order valence-corrected chi connectivity index (χ2v) is 5.32. The molecule has 0 aromatic heterocycles. The quantitative estimate of drug-likeness (QED) is 0.806. The number of piperidine rings is 1. The molecule has 1 unspecified atom stereocenters. The highest BCUT2D eigenvalue weighted by Gasteiger charge is 2.30. The van der Waals surface area contributed by atoms with Crippen LogP contribution in [0.1, 0.15) is 32.1 Å². The minimum absolute atomic E-state index is 0.0886. The molecule has 0 saturated carbocycles. The van der Waals surface area contributed by atoms with E-state index >= 15 is 0 Å². The molecule has 102 valence electrons. The SMILES string of the molecule is O=C(O)CCN1CCCC(C(=O)N2CCCC2)C1. The molecule has 0 bridgehead atoms. The van der Waals surface area contributed by atoms with E-state index in [2.05, 4.69) is 4.90 Å². The van der Waals surface area contributed by atoms with Crippen molar-refractivity contribution < 1.29 is 14.7 Å². The predicted octanol–water partition coefficient (Wildman–Crippen LogP) is 0.795. The molecule has 18 heavy (non-hydrogen) atoms. The molecule has 2 heterocycles. The summed E-state index contributed by atoms with van der Waals surface area (Å²) >= 11 is 0. The lowest BCUT2D eigenvalue weighted by Crippen LogP contribution is -2.44. The predicted molar refractivity (Wildman–Crippen MR) is 67.2 cm³/mol. The maximum atomic E-state index is 12.3. The van der Waals surface area contributed by atoms with E-state index in [4.69, 9.17) is 5.11 Å². The molecular formula is C13H22N2O3. The third-order valence-corrected chi connectivity index (χ3v) is 3.91. The van der Waals surface area contributed by atoms with Crippen LogP contribution in [0.5, 0.6) is 0 Å². The van der Waals surface area contributed by atoms with Gasteiger partial charge in [-0.1, -0.05) is 0 Å². The fourth-order valence-corrected chi connectivity index (χ4v) is 2.91. The molecule has 0 aliphatic carbocycles. The summed E-state index contributed by atoms with van der Waals surface area (Å²) < 4.78 is 0. The number of carbonyl (C=O) groups is 2. The second-order valence-electron chi connectivity index (χ2n) is 5.32. The van der Waals surface area contributed by atoms with Crippen molar-refractivity contribution in [3.8, 4) is 0 Å². The third kappa shape index (κ3) is 3.45. The maximum absolute atomic E-state index is 12.3. The van der Waals surface area contributed by atoms with E-state index < -0.39 is 5.97 Å². The normalized spacial score (nSPS) is 25.3. The third-order valence-electron chi connectivity index (χ3n) is 3.91. The van der Waals surface area contributed by atoms with Gasteiger partial charge in [0.1, 0.15) is 0 Å². The van der Waals surface area contributed by atoms with E-state index in [1.165, 1.54) is 0 Å². The van der Waals surface area contributed by atoms with Crippen molar-refractivity contribution in [2.24, 2.45) is 5.92 Å². The van der Waals surface area contributed by atoms with Crippen molar-refractivity contribution in [2.75, 3.05) is 32.7 Å². The number of hydrogen-bond donors (Lipinski definition) is 1. The van der Waals surface area contributed by atoms with E-state index in [9.17, 15) is 9.59 Å². The summed E-state index contributed by atoms with van der Waals surface area (Å²) in [5.41, 5.74) is 0. The van der Waals surface area contributed by atoms with Gasteiger partial charge < -0.3 is 14.9 Å². The minimum Gasteiger partial charge on any atom is -0.481 e. The van der Waals surface area contributed by atoms with Gasteiger partial charge in [0.25, 0.3) is 0 Å². The van der Waals surface area contributed by atoms with Crippen LogP contribution in [0.15, 0.2) is 0 Å². The van der Waals surface area contributed by atoms with E-state index in [-0.39, 0.29) is 18.2 Å². The van der Waals surface area contributed by atoms with Gasteiger partial charge in [-0.25, -0.2) is 0 Å². The summed E-state index contributed by atoms with van der Waals surface area (Å²) in [6.07, 6.45) is 4.38. The largest absolute Gasteiger partial charge is 0.481 e. The molecule has 5 heteroatoms. The van der Waals surface area contributed by atoms with Crippen LogP contribution in [0.4, 0.5) is 0 Å². The Morgan fingerprint density at radius 2 is 1.83 bits per heavy atom. The maximum Gasteiger partial charge on any atom is 0.304 e. The summed E-state index contributed by atoms with van der Waals surface area (Å²) in [5.74, 6) is -0.388. The first-order valence-electron chi connectivity index (χ1n) is 6.90. The molecule has 0 spiro atoms. The Balaban J connectivity index is 1.81. The molecule has 2 saturated heterocycles. The lowest BCUT2D eigenvalue weighted by Gasteiger charge is -2.33. The van der Waals surface area contributed by atoms with Gasteiger partial charge in [0.2, 0.25) is 5.91 Å². The van der Waals surface area contributed by atoms with Crippen LogP contribution in [0.25, 0.3) is 0 Å². The number of rotatable bonds is 4. The number of carbonyl (C=O) groups excluding carboxylic acids is 1. The van der Waals surface area contributed by atoms with Gasteiger partial charge in [0.15, 0.2) is 0 Å². The highest BCUT2D eigenvalue weighted by molar-refractivity contribution is 5.79. The Morgan fingerprint density at radius 1 is 1.11 bits per heavy atom. The zero-order valence-corrected chi connectivity index (χ0v) is 10.8. The Kier molecular flexibility index (Phi) is 4.58. The summed E-state index contributed by atoms with van der Waals surface area (Å²) in [4.78, 5) is 26.9. The van der Waals surface area contributed by atoms with Crippen molar-refractivity contribution in [3.05, 3.63) is 0 Å². The van der Waals surface area contributed by atoms with Crippen LogP contribution in [0, 0.1) is 5.92 Å². The Labute approximate surface area is 108 Å². The first-order valence-corrected chi connectivity index (χ1v) is 6.90. The highest BCUT2D eigenvalue weighted by atomic mass is 16.4. The number of carboxylic acid groups (broad SMARTS) is 1. The van der Waals surface area contributed by atoms with Gasteiger partial charge in [0.05, 0.1) is 12.3 Å². The number of hydrogen-bond acceptors (Lipinski definition) is 3. The molecule has 1 amide bonds. The Hall–Kier alpha value is -1.10. The van der Waals surface area contributed by atoms with Crippen LogP contribution in [-0.4, -0.2) is 59.5 Å². The van der Waals surface area contributed by atoms with Crippen molar-refractivity contribution >= 4 is 11.9 Å². The summed E-state index contributed by atoms with van der Waals surface area (Å²) in [7, 11) is 0. The summed E-state index contributed by atoms with van der Waals surface area (Å²) in [6, 6.07) is 0. The Bertz CT molecular complexity index is 313. The van der Waals surface area contributed by atoms with Crippen LogP contribution < -0.4 is 0 Å². The van der Waals surface area contributed by atoms with Gasteiger partial charge >= 0.3 is 5.97 Å². The van der Waals surface area contributed by atoms with E-state index in [1.807, 2.05) is 4.90 Å². The van der Waals surface area contributed by atoms with Gasteiger partial charge in [-0.2, -0.15) is 0 Å². The molecule has 5 nitrogen and oxygen atoms in total. The van der Waals surface area contributed by atoms with Gasteiger partial charge in [-0.15, -0.1) is 0 Å². The molecule has 2 aliphatic heterocycles. The number of likely N-dealkylation sites (tertiary alicyclic amines) is 2. The van der Waals surface area contributed by atoms with Crippen LogP contribution in [0.2, 0.25) is 0 Å². The van der Waals surface area contributed by atoms with Gasteiger partial charge in [0, 0.05) is 26.2 Å². The molecule has 1 atom stereocenters. The van der Waals surface area contributed by atoms with Gasteiger partial charge in [-0.05, 0) is 32.2 Å². The molecule has 1 N–H and O–H groups in total. The number of carboxylic acids is 1. The average Bonchev–Trinajstić information content (AvgIpc) is 2.89. The Morgan fingerprint density at radius 3 is 2.50 bits per heavy atom. The molecule has 2 rings (SSSR count).